The highest BCUT2D eigenvalue weighted by Gasteiger charge is 2.14. The number of carboxylic acids is 1. The molecule has 1 aliphatic rings. The smallest absolute Gasteiger partial charge is 0.303 e. The molecule has 0 aromatic carbocycles. The summed E-state index contributed by atoms with van der Waals surface area (Å²) >= 11 is 0. The normalized spacial score (nSPS) is 18.1. The largest absolute Gasteiger partial charge is 0.481 e. The highest BCUT2D eigenvalue weighted by Crippen LogP contribution is 2.01. The molecule has 0 bridgehead atoms. The first-order valence-electron chi connectivity index (χ1n) is 4.86. The van der Waals surface area contributed by atoms with Crippen molar-refractivity contribution in [3.05, 3.63) is 0 Å². The monoisotopic (exact) mass is 200 g/mol. The summed E-state index contributed by atoms with van der Waals surface area (Å²) in [5.74, 6) is -0.739. The van der Waals surface area contributed by atoms with Crippen molar-refractivity contribution in [2.75, 3.05) is 32.7 Å². The molecule has 0 aromatic rings. The first-order chi connectivity index (χ1) is 6.72. The molecule has 0 saturated carbocycles. The minimum Gasteiger partial charge on any atom is -0.481 e. The topological polar surface area (TPSA) is 60.9 Å². The van der Waals surface area contributed by atoms with E-state index in [2.05, 4.69) is 4.90 Å². The van der Waals surface area contributed by atoms with Crippen molar-refractivity contribution in [2.24, 2.45) is 0 Å². The third-order valence-electron chi connectivity index (χ3n) is 2.42. The summed E-state index contributed by atoms with van der Waals surface area (Å²) in [6.45, 7) is 4.06. The Morgan fingerprint density at radius 2 is 1.93 bits per heavy atom. The Bertz CT molecular complexity index is 200. The molecule has 1 saturated heterocycles. The molecule has 0 radical (unpaired) electrons. The van der Waals surface area contributed by atoms with Gasteiger partial charge in [0.15, 0.2) is 0 Å². The molecule has 14 heavy (non-hydrogen) atoms. The zero-order valence-corrected chi connectivity index (χ0v) is 8.19. The van der Waals surface area contributed by atoms with Crippen LogP contribution in [0.15, 0.2) is 0 Å². The van der Waals surface area contributed by atoms with Gasteiger partial charge in [0.2, 0.25) is 6.41 Å². The number of hydrogen-bond donors (Lipinski definition) is 1. The van der Waals surface area contributed by atoms with E-state index in [4.69, 9.17) is 5.11 Å². The molecule has 0 spiro atoms. The summed E-state index contributed by atoms with van der Waals surface area (Å²) < 4.78 is 0. The summed E-state index contributed by atoms with van der Waals surface area (Å²) in [7, 11) is 0. The molecule has 80 valence electrons. The van der Waals surface area contributed by atoms with Gasteiger partial charge in [0, 0.05) is 32.6 Å². The van der Waals surface area contributed by atoms with E-state index in [0.717, 1.165) is 39.1 Å². The number of amides is 1. The Kier molecular flexibility index (Phi) is 4.39. The lowest BCUT2D eigenvalue weighted by Gasteiger charge is -2.32. The molecule has 1 N–H and O–H groups in total. The van der Waals surface area contributed by atoms with Crippen LogP contribution in [0.4, 0.5) is 0 Å². The highest BCUT2D eigenvalue weighted by molar-refractivity contribution is 5.66. The zero-order valence-electron chi connectivity index (χ0n) is 8.19. The van der Waals surface area contributed by atoms with Gasteiger partial charge in [-0.2, -0.15) is 0 Å². The van der Waals surface area contributed by atoms with E-state index in [1.807, 2.05) is 0 Å². The molecule has 0 atom stereocenters. The molecule has 5 nitrogen and oxygen atoms in total. The van der Waals surface area contributed by atoms with Crippen LogP contribution in [0.1, 0.15) is 12.8 Å². The maximum absolute atomic E-state index is 10.4. The van der Waals surface area contributed by atoms with E-state index in [9.17, 15) is 9.59 Å². The Morgan fingerprint density at radius 3 is 2.43 bits per heavy atom. The number of hydrogen-bond acceptors (Lipinski definition) is 3. The number of carbonyl (C=O) groups excluding carboxylic acids is 1. The van der Waals surface area contributed by atoms with Gasteiger partial charge in [-0.3, -0.25) is 14.5 Å². The number of rotatable bonds is 5. The zero-order chi connectivity index (χ0) is 10.4. The van der Waals surface area contributed by atoms with E-state index in [-0.39, 0.29) is 6.42 Å². The molecule has 1 rings (SSSR count). The fourth-order valence-corrected chi connectivity index (χ4v) is 1.55. The third-order valence-corrected chi connectivity index (χ3v) is 2.42. The quantitative estimate of drug-likeness (QED) is 0.615. The molecular formula is C9H16N2O3. The molecular weight excluding hydrogens is 184 g/mol. The first-order valence-corrected chi connectivity index (χ1v) is 4.86. The molecule has 0 aliphatic carbocycles. The molecule has 0 unspecified atom stereocenters. The summed E-state index contributed by atoms with van der Waals surface area (Å²) in [6.07, 6.45) is 1.79. The van der Waals surface area contributed by atoms with Gasteiger partial charge in [0.25, 0.3) is 0 Å². The Labute approximate surface area is 83.3 Å². The third kappa shape index (κ3) is 3.74. The van der Waals surface area contributed by atoms with E-state index in [0.29, 0.717) is 6.42 Å². The van der Waals surface area contributed by atoms with E-state index in [1.54, 1.807) is 4.90 Å². The van der Waals surface area contributed by atoms with Crippen LogP contribution in [0.5, 0.6) is 0 Å². The predicted octanol–water partition coefficient (Wildman–Crippen LogP) is -0.375. The van der Waals surface area contributed by atoms with Crippen LogP contribution in [-0.4, -0.2) is 60.0 Å². The van der Waals surface area contributed by atoms with Gasteiger partial charge in [0.05, 0.1) is 0 Å². The lowest BCUT2D eigenvalue weighted by Crippen LogP contribution is -2.45. The Morgan fingerprint density at radius 1 is 1.29 bits per heavy atom. The van der Waals surface area contributed by atoms with E-state index >= 15 is 0 Å². The van der Waals surface area contributed by atoms with Crippen LogP contribution < -0.4 is 0 Å². The van der Waals surface area contributed by atoms with Crippen molar-refractivity contribution in [3.8, 4) is 0 Å². The lowest BCUT2D eigenvalue weighted by atomic mass is 10.2. The summed E-state index contributed by atoms with van der Waals surface area (Å²) in [6, 6.07) is 0. The second-order valence-electron chi connectivity index (χ2n) is 3.48. The summed E-state index contributed by atoms with van der Waals surface area (Å²) in [5.41, 5.74) is 0. The number of piperazine rings is 1. The minimum atomic E-state index is -0.739. The van der Waals surface area contributed by atoms with E-state index in [1.165, 1.54) is 0 Å². The highest BCUT2D eigenvalue weighted by atomic mass is 16.4. The average molecular weight is 200 g/mol. The fraction of sp³-hybridized carbons (Fsp3) is 0.778. The van der Waals surface area contributed by atoms with Crippen molar-refractivity contribution in [1.29, 1.82) is 0 Å². The summed E-state index contributed by atoms with van der Waals surface area (Å²) in [4.78, 5) is 24.6. The van der Waals surface area contributed by atoms with Gasteiger partial charge in [-0.15, -0.1) is 0 Å². The van der Waals surface area contributed by atoms with Crippen LogP contribution in [0.3, 0.4) is 0 Å². The molecule has 1 heterocycles. The van der Waals surface area contributed by atoms with Gasteiger partial charge in [-0.25, -0.2) is 0 Å². The number of nitrogens with zero attached hydrogens (tertiary/aromatic N) is 2. The van der Waals surface area contributed by atoms with Gasteiger partial charge < -0.3 is 10.0 Å². The van der Waals surface area contributed by atoms with Crippen molar-refractivity contribution >= 4 is 12.4 Å². The van der Waals surface area contributed by atoms with Gasteiger partial charge in [-0.1, -0.05) is 0 Å². The molecule has 0 aromatic heterocycles. The number of carboxylic acid groups (broad SMARTS) is 1. The van der Waals surface area contributed by atoms with Crippen molar-refractivity contribution in [1.82, 2.24) is 9.80 Å². The van der Waals surface area contributed by atoms with Crippen molar-refractivity contribution < 1.29 is 14.7 Å². The van der Waals surface area contributed by atoms with Crippen molar-refractivity contribution in [3.63, 3.8) is 0 Å². The van der Waals surface area contributed by atoms with Crippen LogP contribution in [0, 0.1) is 0 Å². The standard InChI is InChI=1S/C9H16N2O3/c12-8-11-6-4-10(5-7-11)3-1-2-9(13)14/h8H,1-7H2,(H,13,14). The van der Waals surface area contributed by atoms with Crippen LogP contribution in [-0.2, 0) is 9.59 Å². The minimum absolute atomic E-state index is 0.230. The van der Waals surface area contributed by atoms with Gasteiger partial charge >= 0.3 is 5.97 Å². The average Bonchev–Trinajstić information content (AvgIpc) is 2.18. The Balaban J connectivity index is 2.10. The van der Waals surface area contributed by atoms with Crippen LogP contribution in [0.2, 0.25) is 0 Å². The maximum Gasteiger partial charge on any atom is 0.303 e. The fourth-order valence-electron chi connectivity index (χ4n) is 1.55. The molecule has 1 fully saturated rings. The molecule has 5 heteroatoms. The first kappa shape index (κ1) is 11.0. The number of aliphatic carboxylic acids is 1. The maximum atomic E-state index is 10.4. The predicted molar refractivity (Wildman–Crippen MR) is 50.9 cm³/mol. The summed E-state index contributed by atoms with van der Waals surface area (Å²) in [5, 5.41) is 8.45. The second kappa shape index (κ2) is 5.59. The van der Waals surface area contributed by atoms with Crippen molar-refractivity contribution in [2.45, 2.75) is 12.8 Å². The van der Waals surface area contributed by atoms with Gasteiger partial charge in [0.1, 0.15) is 0 Å². The Hall–Kier alpha value is -1.10. The van der Waals surface area contributed by atoms with Crippen LogP contribution in [0.25, 0.3) is 0 Å². The van der Waals surface area contributed by atoms with Gasteiger partial charge in [-0.05, 0) is 13.0 Å². The SMILES string of the molecule is O=CN1CCN(CCCC(=O)O)CC1. The number of carbonyl (C=O) groups is 2. The van der Waals surface area contributed by atoms with Crippen LogP contribution >= 0.6 is 0 Å². The second-order valence-corrected chi connectivity index (χ2v) is 3.48. The molecule has 1 amide bonds. The lowest BCUT2D eigenvalue weighted by molar-refractivity contribution is -0.137. The van der Waals surface area contributed by atoms with E-state index < -0.39 is 5.97 Å². The molecule has 1 aliphatic heterocycles.